The van der Waals surface area contributed by atoms with Gasteiger partial charge in [-0.25, -0.2) is 4.79 Å². The van der Waals surface area contributed by atoms with Crippen molar-refractivity contribution in [3.8, 4) is 5.75 Å². The molecule has 5 heteroatoms. The van der Waals surface area contributed by atoms with Gasteiger partial charge in [-0.2, -0.15) is 0 Å². The number of hydrogen-bond donors (Lipinski definition) is 0. The van der Waals surface area contributed by atoms with Crippen LogP contribution in [0.2, 0.25) is 0 Å². The number of carbonyl (C=O) groups excluding carboxylic acids is 1. The van der Waals surface area contributed by atoms with Gasteiger partial charge in [0, 0.05) is 6.20 Å². The molecular formula is C14H12BrNO3. The molecule has 1 aromatic heterocycles. The molecule has 0 radical (unpaired) electrons. The van der Waals surface area contributed by atoms with Crippen LogP contribution in [0, 0.1) is 0 Å². The second-order valence-corrected chi connectivity index (χ2v) is 4.60. The maximum absolute atomic E-state index is 11.2. The molecule has 2 aromatic rings. The lowest BCUT2D eigenvalue weighted by molar-refractivity contribution is 0.0600. The molecule has 0 spiro atoms. The molecule has 0 aliphatic heterocycles. The summed E-state index contributed by atoms with van der Waals surface area (Å²) >= 11 is 3.40. The van der Waals surface area contributed by atoms with Gasteiger partial charge in [0.15, 0.2) is 0 Å². The number of para-hydroxylation sites is 1. The van der Waals surface area contributed by atoms with Gasteiger partial charge in [0.1, 0.15) is 12.4 Å². The Bertz CT molecular complexity index is 569. The Hall–Kier alpha value is -1.88. The van der Waals surface area contributed by atoms with E-state index >= 15 is 0 Å². The van der Waals surface area contributed by atoms with Crippen LogP contribution in [0.25, 0.3) is 0 Å². The van der Waals surface area contributed by atoms with Gasteiger partial charge in [0.05, 0.1) is 22.8 Å². The number of nitrogens with zero attached hydrogens (tertiary/aromatic N) is 1. The van der Waals surface area contributed by atoms with Gasteiger partial charge in [-0.15, -0.1) is 0 Å². The molecule has 4 nitrogen and oxygen atoms in total. The van der Waals surface area contributed by atoms with Gasteiger partial charge in [-0.1, -0.05) is 12.1 Å². The third kappa shape index (κ3) is 3.54. The van der Waals surface area contributed by atoms with Crippen molar-refractivity contribution in [3.05, 3.63) is 58.3 Å². The number of rotatable bonds is 4. The van der Waals surface area contributed by atoms with Crippen molar-refractivity contribution < 1.29 is 14.3 Å². The first-order valence-electron chi connectivity index (χ1n) is 5.61. The van der Waals surface area contributed by atoms with Crippen molar-refractivity contribution >= 4 is 21.9 Å². The molecule has 0 saturated heterocycles. The first-order chi connectivity index (χ1) is 9.20. The standard InChI is InChI=1S/C14H12BrNO3/c1-18-14(17)10-6-7-11(16-8-10)9-19-13-5-3-2-4-12(13)15/h2-8H,9H2,1H3. The largest absolute Gasteiger partial charge is 0.486 e. The predicted molar refractivity (Wildman–Crippen MR) is 74.1 cm³/mol. The number of benzene rings is 1. The van der Waals surface area contributed by atoms with Crippen molar-refractivity contribution in [2.24, 2.45) is 0 Å². The molecule has 0 fully saturated rings. The number of carbonyl (C=O) groups is 1. The lowest BCUT2D eigenvalue weighted by Crippen LogP contribution is -2.04. The van der Waals surface area contributed by atoms with Crippen LogP contribution in [-0.4, -0.2) is 18.1 Å². The van der Waals surface area contributed by atoms with Crippen LogP contribution >= 0.6 is 15.9 Å². The van der Waals surface area contributed by atoms with Crippen LogP contribution in [-0.2, 0) is 11.3 Å². The van der Waals surface area contributed by atoms with E-state index < -0.39 is 5.97 Å². The Morgan fingerprint density at radius 2 is 2.05 bits per heavy atom. The second-order valence-electron chi connectivity index (χ2n) is 3.75. The minimum absolute atomic E-state index is 0.337. The average molecular weight is 322 g/mol. The second kappa shape index (κ2) is 6.33. The molecule has 1 heterocycles. The van der Waals surface area contributed by atoms with Crippen molar-refractivity contribution in [2.75, 3.05) is 7.11 Å². The molecule has 98 valence electrons. The summed E-state index contributed by atoms with van der Waals surface area (Å²) in [5, 5.41) is 0. The summed E-state index contributed by atoms with van der Waals surface area (Å²) in [4.78, 5) is 15.4. The van der Waals surface area contributed by atoms with Gasteiger partial charge >= 0.3 is 5.97 Å². The molecule has 19 heavy (non-hydrogen) atoms. The summed E-state index contributed by atoms with van der Waals surface area (Å²) < 4.78 is 11.1. The van der Waals surface area contributed by atoms with E-state index in [0.29, 0.717) is 12.2 Å². The number of halogens is 1. The molecule has 0 aliphatic carbocycles. The van der Waals surface area contributed by atoms with Crippen LogP contribution in [0.3, 0.4) is 0 Å². The fraction of sp³-hybridized carbons (Fsp3) is 0.143. The van der Waals surface area contributed by atoms with E-state index in [-0.39, 0.29) is 0 Å². The topological polar surface area (TPSA) is 48.4 Å². The summed E-state index contributed by atoms with van der Waals surface area (Å²) in [6.45, 7) is 0.337. The average Bonchev–Trinajstić information content (AvgIpc) is 2.46. The maximum atomic E-state index is 11.2. The minimum Gasteiger partial charge on any atom is -0.486 e. The Morgan fingerprint density at radius 1 is 1.26 bits per heavy atom. The first kappa shape index (κ1) is 13.5. The molecule has 2 rings (SSSR count). The highest BCUT2D eigenvalue weighted by Crippen LogP contribution is 2.24. The molecule has 1 aromatic carbocycles. The van der Waals surface area contributed by atoms with Crippen LogP contribution < -0.4 is 4.74 Å². The molecular weight excluding hydrogens is 310 g/mol. The van der Waals surface area contributed by atoms with Crippen LogP contribution in [0.4, 0.5) is 0 Å². The normalized spacial score (nSPS) is 10.0. The Labute approximate surface area is 119 Å². The number of methoxy groups -OCH3 is 1. The Morgan fingerprint density at radius 3 is 2.68 bits per heavy atom. The van der Waals surface area contributed by atoms with E-state index in [1.807, 2.05) is 24.3 Å². The van der Waals surface area contributed by atoms with Gasteiger partial charge in [0.25, 0.3) is 0 Å². The fourth-order valence-corrected chi connectivity index (χ4v) is 1.86. The zero-order valence-corrected chi connectivity index (χ0v) is 11.9. The number of ether oxygens (including phenoxy) is 2. The highest BCUT2D eigenvalue weighted by atomic mass is 79.9. The highest BCUT2D eigenvalue weighted by molar-refractivity contribution is 9.10. The third-order valence-electron chi connectivity index (χ3n) is 2.46. The van der Waals surface area contributed by atoms with E-state index in [1.54, 1.807) is 12.1 Å². The molecule has 0 amide bonds. The van der Waals surface area contributed by atoms with Crippen LogP contribution in [0.15, 0.2) is 47.1 Å². The van der Waals surface area contributed by atoms with Gasteiger partial charge in [-0.05, 0) is 40.2 Å². The summed E-state index contributed by atoms with van der Waals surface area (Å²) in [7, 11) is 1.34. The highest BCUT2D eigenvalue weighted by Gasteiger charge is 2.06. The SMILES string of the molecule is COC(=O)c1ccc(COc2ccccc2Br)nc1. The predicted octanol–water partition coefficient (Wildman–Crippen LogP) is 3.21. The molecule has 0 bridgehead atoms. The summed E-state index contributed by atoms with van der Waals surface area (Å²) in [5.41, 5.74) is 1.16. The van der Waals surface area contributed by atoms with E-state index in [1.165, 1.54) is 13.3 Å². The molecule has 0 aliphatic rings. The van der Waals surface area contributed by atoms with Crippen molar-refractivity contribution in [1.82, 2.24) is 4.98 Å². The molecule has 0 unspecified atom stereocenters. The Balaban J connectivity index is 2.01. The van der Waals surface area contributed by atoms with Crippen molar-refractivity contribution in [1.29, 1.82) is 0 Å². The summed E-state index contributed by atoms with van der Waals surface area (Å²) in [6.07, 6.45) is 1.48. The van der Waals surface area contributed by atoms with E-state index in [2.05, 4.69) is 25.7 Å². The van der Waals surface area contributed by atoms with E-state index in [0.717, 1.165) is 15.9 Å². The fourth-order valence-electron chi connectivity index (χ4n) is 1.46. The van der Waals surface area contributed by atoms with E-state index in [9.17, 15) is 4.79 Å². The lowest BCUT2D eigenvalue weighted by Gasteiger charge is -2.07. The number of pyridine rings is 1. The summed E-state index contributed by atoms with van der Waals surface area (Å²) in [5.74, 6) is 0.354. The number of esters is 1. The zero-order chi connectivity index (χ0) is 13.7. The van der Waals surface area contributed by atoms with Gasteiger partial charge in [0.2, 0.25) is 0 Å². The van der Waals surface area contributed by atoms with Gasteiger partial charge in [-0.3, -0.25) is 4.98 Å². The van der Waals surface area contributed by atoms with Crippen LogP contribution in [0.5, 0.6) is 5.75 Å². The minimum atomic E-state index is -0.397. The number of aromatic nitrogens is 1. The lowest BCUT2D eigenvalue weighted by atomic mass is 10.2. The Kier molecular flexibility index (Phi) is 4.52. The molecule has 0 N–H and O–H groups in total. The number of hydrogen-bond acceptors (Lipinski definition) is 4. The first-order valence-corrected chi connectivity index (χ1v) is 6.40. The van der Waals surface area contributed by atoms with Crippen molar-refractivity contribution in [3.63, 3.8) is 0 Å². The zero-order valence-electron chi connectivity index (χ0n) is 10.3. The summed E-state index contributed by atoms with van der Waals surface area (Å²) in [6, 6.07) is 11.0. The molecule has 0 saturated carbocycles. The van der Waals surface area contributed by atoms with E-state index in [4.69, 9.17) is 4.74 Å². The smallest absolute Gasteiger partial charge is 0.339 e. The monoisotopic (exact) mass is 321 g/mol. The molecule has 0 atom stereocenters. The third-order valence-corrected chi connectivity index (χ3v) is 3.11. The quantitative estimate of drug-likeness (QED) is 0.811. The maximum Gasteiger partial charge on any atom is 0.339 e. The van der Waals surface area contributed by atoms with Gasteiger partial charge < -0.3 is 9.47 Å². The van der Waals surface area contributed by atoms with Crippen molar-refractivity contribution in [2.45, 2.75) is 6.61 Å². The van der Waals surface area contributed by atoms with Crippen LogP contribution in [0.1, 0.15) is 16.1 Å².